The number of anilines is 1. The summed E-state index contributed by atoms with van der Waals surface area (Å²) in [7, 11) is 5.42. The fraction of sp³-hybridized carbons (Fsp3) is 0.364. The zero-order valence-electron chi connectivity index (χ0n) is 25.0. The summed E-state index contributed by atoms with van der Waals surface area (Å²) in [4.78, 5) is 43.8. The van der Waals surface area contributed by atoms with E-state index >= 15 is 0 Å². The smallest absolute Gasteiger partial charge is 0.254 e. The monoisotopic (exact) mass is 588 g/mol. The molecule has 3 aromatic rings. The first kappa shape index (κ1) is 31.5. The van der Waals surface area contributed by atoms with Gasteiger partial charge in [-0.05, 0) is 48.7 Å². The van der Waals surface area contributed by atoms with Crippen molar-refractivity contribution in [3.8, 4) is 5.75 Å². The number of phenolic OH excluding ortho intramolecular Hbond substituents is 1. The summed E-state index contributed by atoms with van der Waals surface area (Å²) in [5, 5.41) is 27.2. The molecule has 228 valence electrons. The number of rotatable bonds is 11. The number of aliphatic hydroxyl groups is 1. The molecule has 4 rings (SSSR count). The molecule has 0 saturated carbocycles. The number of aliphatic hydroxyl groups excluding tert-OH is 1. The summed E-state index contributed by atoms with van der Waals surface area (Å²) in [6, 6.07) is 19.7. The van der Waals surface area contributed by atoms with Crippen LogP contribution in [0.2, 0.25) is 0 Å². The van der Waals surface area contributed by atoms with Crippen molar-refractivity contribution in [3.05, 3.63) is 95.1 Å². The second-order valence-corrected chi connectivity index (χ2v) is 11.0. The topological polar surface area (TPSA) is 131 Å². The number of aromatic hydroxyl groups is 1. The highest BCUT2D eigenvalue weighted by Gasteiger charge is 2.43. The highest BCUT2D eigenvalue weighted by atomic mass is 16.5. The first-order chi connectivity index (χ1) is 20.6. The number of ether oxygens (including phenoxy) is 1. The molecule has 0 aromatic heterocycles. The van der Waals surface area contributed by atoms with Gasteiger partial charge >= 0.3 is 0 Å². The fourth-order valence-corrected chi connectivity index (χ4v) is 5.25. The Hall–Kier alpha value is -4.41. The molecule has 10 heteroatoms. The van der Waals surface area contributed by atoms with Crippen LogP contribution in [0.1, 0.15) is 33.5 Å². The lowest BCUT2D eigenvalue weighted by atomic mass is 9.98. The van der Waals surface area contributed by atoms with Gasteiger partial charge in [-0.2, -0.15) is 0 Å². The number of benzene rings is 3. The molecule has 4 N–H and O–H groups in total. The van der Waals surface area contributed by atoms with Gasteiger partial charge in [0.1, 0.15) is 11.8 Å². The van der Waals surface area contributed by atoms with Gasteiger partial charge in [-0.15, -0.1) is 0 Å². The van der Waals surface area contributed by atoms with Crippen LogP contribution in [0, 0.1) is 6.92 Å². The lowest BCUT2D eigenvalue weighted by Crippen LogP contribution is -2.55. The number of phenols is 1. The van der Waals surface area contributed by atoms with Crippen LogP contribution in [0.5, 0.6) is 5.75 Å². The fourth-order valence-electron chi connectivity index (χ4n) is 5.25. The number of nitrogens with one attached hydrogen (secondary N) is 2. The van der Waals surface area contributed by atoms with Crippen molar-refractivity contribution >= 4 is 23.4 Å². The van der Waals surface area contributed by atoms with E-state index in [1.807, 2.05) is 73.6 Å². The molecule has 4 atom stereocenters. The number of carbonyl (C=O) groups excluding carboxylic acids is 3. The van der Waals surface area contributed by atoms with Crippen molar-refractivity contribution < 1.29 is 29.3 Å². The van der Waals surface area contributed by atoms with Crippen molar-refractivity contribution in [3.63, 3.8) is 0 Å². The summed E-state index contributed by atoms with van der Waals surface area (Å²) in [6.07, 6.45) is -1.59. The Morgan fingerprint density at radius 2 is 1.70 bits per heavy atom. The Morgan fingerprint density at radius 1 is 1.00 bits per heavy atom. The van der Waals surface area contributed by atoms with Gasteiger partial charge in [0.15, 0.2) is 6.10 Å². The quantitative estimate of drug-likeness (QED) is 0.271. The third-order valence-corrected chi connectivity index (χ3v) is 7.90. The van der Waals surface area contributed by atoms with Crippen LogP contribution >= 0.6 is 0 Å². The zero-order valence-corrected chi connectivity index (χ0v) is 25.0. The average Bonchev–Trinajstić information content (AvgIpc) is 3.45. The lowest BCUT2D eigenvalue weighted by molar-refractivity contribution is -0.146. The Balaban J connectivity index is 1.52. The number of hydrogen-bond acceptors (Lipinski definition) is 7. The van der Waals surface area contributed by atoms with Crippen LogP contribution in [0.3, 0.4) is 0 Å². The van der Waals surface area contributed by atoms with Crippen molar-refractivity contribution in [1.82, 2.24) is 15.5 Å². The highest BCUT2D eigenvalue weighted by molar-refractivity contribution is 5.97. The van der Waals surface area contributed by atoms with Crippen LogP contribution in [0.4, 0.5) is 5.69 Å². The lowest BCUT2D eigenvalue weighted by Gasteiger charge is -2.30. The maximum atomic E-state index is 13.8. The van der Waals surface area contributed by atoms with Gasteiger partial charge in [0, 0.05) is 57.5 Å². The molecule has 3 aromatic carbocycles. The third-order valence-electron chi connectivity index (χ3n) is 7.90. The first-order valence-electron chi connectivity index (χ1n) is 14.3. The molecule has 1 heterocycles. The summed E-state index contributed by atoms with van der Waals surface area (Å²) in [6.45, 7) is 2.02. The molecule has 0 spiro atoms. The number of carbonyl (C=O) groups is 3. The molecule has 43 heavy (non-hydrogen) atoms. The molecule has 10 nitrogen and oxygen atoms in total. The van der Waals surface area contributed by atoms with Crippen molar-refractivity contribution in [1.29, 1.82) is 0 Å². The minimum Gasteiger partial charge on any atom is -0.508 e. The molecule has 1 aliphatic heterocycles. The Bertz CT molecular complexity index is 1410. The van der Waals surface area contributed by atoms with Gasteiger partial charge in [-0.3, -0.25) is 14.4 Å². The molecule has 0 radical (unpaired) electrons. The number of nitrogens with zero attached hydrogens (tertiary/aromatic N) is 2. The second kappa shape index (κ2) is 14.2. The first-order valence-corrected chi connectivity index (χ1v) is 14.3. The zero-order chi connectivity index (χ0) is 31.1. The summed E-state index contributed by atoms with van der Waals surface area (Å²) < 4.78 is 5.50. The predicted octanol–water partition coefficient (Wildman–Crippen LogP) is 2.40. The van der Waals surface area contributed by atoms with Crippen LogP contribution in [-0.4, -0.2) is 84.9 Å². The number of hydrogen-bond donors (Lipinski definition) is 4. The standard InChI is InChI=1S/C33H40N4O6/c1-21-26(11-8-12-29(21)38)31(40)35-27(17-22-9-6-5-7-10-22)30(39)33(42)37-20-25(43-4)18-28(37)32(41)34-19-23-13-15-24(16-14-23)36(2)3/h5-16,25,27-28,30,38-39H,17-20H2,1-4H3,(H,34,41)(H,35,40)/t25-,27+,28+,30+/m1/s1. The van der Waals surface area contributed by atoms with Crippen molar-refractivity contribution in [2.24, 2.45) is 0 Å². The normalized spacial score (nSPS) is 17.7. The molecule has 0 aliphatic carbocycles. The average molecular weight is 589 g/mol. The highest BCUT2D eigenvalue weighted by Crippen LogP contribution is 2.24. The van der Waals surface area contributed by atoms with E-state index in [-0.39, 0.29) is 49.3 Å². The van der Waals surface area contributed by atoms with E-state index in [1.165, 1.54) is 18.1 Å². The largest absolute Gasteiger partial charge is 0.508 e. The molecule has 0 bridgehead atoms. The maximum absolute atomic E-state index is 13.8. The van der Waals surface area contributed by atoms with Crippen LogP contribution in [0.25, 0.3) is 0 Å². The molecule has 1 saturated heterocycles. The van der Waals surface area contributed by atoms with E-state index in [2.05, 4.69) is 10.6 Å². The van der Waals surface area contributed by atoms with E-state index in [4.69, 9.17) is 4.74 Å². The van der Waals surface area contributed by atoms with Crippen LogP contribution in [0.15, 0.2) is 72.8 Å². The summed E-state index contributed by atoms with van der Waals surface area (Å²) in [5.41, 5.74) is 3.36. The van der Waals surface area contributed by atoms with E-state index < -0.39 is 30.0 Å². The van der Waals surface area contributed by atoms with Gasteiger partial charge in [0.05, 0.1) is 12.1 Å². The molecule has 1 aliphatic rings. The molecular formula is C33H40N4O6. The summed E-state index contributed by atoms with van der Waals surface area (Å²) >= 11 is 0. The molecule has 1 fully saturated rings. The van der Waals surface area contributed by atoms with E-state index in [0.717, 1.165) is 16.8 Å². The molecule has 3 amide bonds. The minimum atomic E-state index is -1.65. The van der Waals surface area contributed by atoms with Gasteiger partial charge in [0.25, 0.3) is 11.8 Å². The van der Waals surface area contributed by atoms with Gasteiger partial charge in [-0.25, -0.2) is 0 Å². The van der Waals surface area contributed by atoms with Crippen LogP contribution in [-0.2, 0) is 27.3 Å². The Morgan fingerprint density at radius 3 is 2.35 bits per heavy atom. The van der Waals surface area contributed by atoms with E-state index in [1.54, 1.807) is 19.1 Å². The maximum Gasteiger partial charge on any atom is 0.254 e. The Kier molecular flexibility index (Phi) is 10.4. The van der Waals surface area contributed by atoms with Gasteiger partial charge in [-0.1, -0.05) is 48.5 Å². The third kappa shape index (κ3) is 7.71. The molecular weight excluding hydrogens is 548 g/mol. The molecule has 0 unspecified atom stereocenters. The Labute approximate surface area is 252 Å². The van der Waals surface area contributed by atoms with E-state index in [0.29, 0.717) is 5.56 Å². The number of methoxy groups -OCH3 is 1. The van der Waals surface area contributed by atoms with Gasteiger partial charge in [0.2, 0.25) is 5.91 Å². The predicted molar refractivity (Wildman–Crippen MR) is 164 cm³/mol. The number of amides is 3. The van der Waals surface area contributed by atoms with E-state index in [9.17, 15) is 24.6 Å². The number of likely N-dealkylation sites (tertiary alicyclic amines) is 1. The SMILES string of the molecule is CO[C@@H]1C[C@@H](C(=O)NCc2ccc(N(C)C)cc2)N(C(=O)[C@@H](O)[C@H](Cc2ccccc2)NC(=O)c2cccc(O)c2C)C1. The van der Waals surface area contributed by atoms with Crippen molar-refractivity contribution in [2.75, 3.05) is 32.6 Å². The minimum absolute atomic E-state index is 0.0333. The van der Waals surface area contributed by atoms with Crippen molar-refractivity contribution in [2.45, 2.75) is 50.6 Å². The van der Waals surface area contributed by atoms with Crippen LogP contribution < -0.4 is 15.5 Å². The second-order valence-electron chi connectivity index (χ2n) is 11.0. The summed E-state index contributed by atoms with van der Waals surface area (Å²) in [5.74, 6) is -1.60. The van der Waals surface area contributed by atoms with Gasteiger partial charge < -0.3 is 35.4 Å².